The minimum absolute atomic E-state index is 0.0172. The zero-order valence-electron chi connectivity index (χ0n) is 18.1. The van der Waals surface area contributed by atoms with Crippen molar-refractivity contribution in [2.24, 2.45) is 0 Å². The van der Waals surface area contributed by atoms with Gasteiger partial charge in [-0.05, 0) is 43.2 Å². The van der Waals surface area contributed by atoms with Crippen molar-refractivity contribution in [3.05, 3.63) is 69.7 Å². The van der Waals surface area contributed by atoms with Gasteiger partial charge in [0.25, 0.3) is 5.91 Å². The molecule has 0 radical (unpaired) electrons. The third-order valence-corrected chi connectivity index (χ3v) is 6.18. The zero-order chi connectivity index (χ0) is 22.5. The van der Waals surface area contributed by atoms with Gasteiger partial charge in [0.05, 0.1) is 33.1 Å². The molecular weight excluding hydrogens is 428 g/mol. The van der Waals surface area contributed by atoms with Crippen LogP contribution in [0.5, 0.6) is 17.2 Å². The number of amides is 1. The molecule has 0 unspecified atom stereocenters. The van der Waals surface area contributed by atoms with Gasteiger partial charge in [0.2, 0.25) is 0 Å². The van der Waals surface area contributed by atoms with Crippen LogP contribution in [0.4, 0.5) is 0 Å². The van der Waals surface area contributed by atoms with Crippen LogP contribution in [0.2, 0.25) is 0 Å². The van der Waals surface area contributed by atoms with E-state index in [4.69, 9.17) is 14.2 Å². The zero-order valence-corrected chi connectivity index (χ0v) is 18.9. The molecule has 0 atom stereocenters. The highest BCUT2D eigenvalue weighted by Crippen LogP contribution is 2.36. The number of methoxy groups -OCH3 is 2. The molecule has 1 aliphatic carbocycles. The van der Waals surface area contributed by atoms with Crippen LogP contribution in [0.25, 0.3) is 0 Å². The first-order valence-corrected chi connectivity index (χ1v) is 11.3. The quantitative estimate of drug-likeness (QED) is 0.498. The Morgan fingerprint density at radius 2 is 1.94 bits per heavy atom. The molecule has 0 saturated heterocycles. The molecule has 32 heavy (non-hydrogen) atoms. The molecule has 0 spiro atoms. The van der Waals surface area contributed by atoms with Gasteiger partial charge in [-0.3, -0.25) is 4.79 Å². The molecule has 3 aromatic rings. The van der Waals surface area contributed by atoms with Crippen LogP contribution < -0.4 is 14.2 Å². The molecule has 1 saturated carbocycles. The number of ether oxygens (including phenoxy) is 3. The molecule has 1 fully saturated rings. The first-order chi connectivity index (χ1) is 15.6. The molecule has 1 N–H and O–H groups in total. The monoisotopic (exact) mass is 454 g/mol. The van der Waals surface area contributed by atoms with Crippen LogP contribution in [0.15, 0.2) is 47.8 Å². The van der Waals surface area contributed by atoms with Crippen molar-refractivity contribution in [3.63, 3.8) is 0 Å². The summed E-state index contributed by atoms with van der Waals surface area (Å²) in [5.41, 5.74) is 2.12. The molecule has 0 aliphatic heterocycles. The molecule has 7 nitrogen and oxygen atoms in total. The highest BCUT2D eigenvalue weighted by atomic mass is 32.1. The Balaban J connectivity index is 1.56. The summed E-state index contributed by atoms with van der Waals surface area (Å²) >= 11 is 1.43. The number of para-hydroxylation sites is 1. The maximum Gasteiger partial charge on any atom is 0.254 e. The van der Waals surface area contributed by atoms with Crippen LogP contribution in [-0.2, 0) is 19.8 Å². The largest absolute Gasteiger partial charge is 0.497 e. The van der Waals surface area contributed by atoms with Gasteiger partial charge in [-0.2, -0.15) is 0 Å². The third-order valence-electron chi connectivity index (χ3n) is 5.31. The van der Waals surface area contributed by atoms with E-state index in [-0.39, 0.29) is 25.2 Å². The number of aliphatic hydroxyl groups excluding tert-OH is 1. The van der Waals surface area contributed by atoms with E-state index in [2.05, 4.69) is 4.98 Å². The summed E-state index contributed by atoms with van der Waals surface area (Å²) in [6.07, 6.45) is 1.98. The number of rotatable bonds is 10. The van der Waals surface area contributed by atoms with Gasteiger partial charge in [0.15, 0.2) is 11.5 Å². The molecule has 0 bridgehead atoms. The van der Waals surface area contributed by atoms with E-state index in [0.717, 1.165) is 29.2 Å². The number of hydrogen-bond acceptors (Lipinski definition) is 7. The first kappa shape index (κ1) is 22.1. The average molecular weight is 455 g/mol. The Bertz CT molecular complexity index is 1060. The van der Waals surface area contributed by atoms with E-state index in [1.807, 2.05) is 28.5 Å². The Kier molecular flexibility index (Phi) is 6.92. The van der Waals surface area contributed by atoms with Crippen LogP contribution in [0.3, 0.4) is 0 Å². The molecule has 2 aromatic carbocycles. The van der Waals surface area contributed by atoms with Crippen LogP contribution >= 0.6 is 11.3 Å². The predicted molar refractivity (Wildman–Crippen MR) is 121 cm³/mol. The van der Waals surface area contributed by atoms with E-state index in [1.54, 1.807) is 38.5 Å². The minimum atomic E-state index is -0.0970. The normalized spacial score (nSPS) is 13.0. The van der Waals surface area contributed by atoms with Gasteiger partial charge in [-0.1, -0.05) is 12.1 Å². The molecule has 8 heteroatoms. The molecule has 1 amide bonds. The van der Waals surface area contributed by atoms with Crippen LogP contribution in [0.1, 0.15) is 39.5 Å². The SMILES string of the molecule is COc1ccc(C(=O)N(Cc2cccc(OC)c2OCc2nc(CO)cs2)C2CC2)cc1. The second-order valence-corrected chi connectivity index (χ2v) is 8.46. The molecule has 1 aromatic heterocycles. The fourth-order valence-corrected chi connectivity index (χ4v) is 4.16. The average Bonchev–Trinajstić information content (AvgIpc) is 3.58. The van der Waals surface area contributed by atoms with Crippen molar-refractivity contribution in [2.75, 3.05) is 14.2 Å². The van der Waals surface area contributed by atoms with Crippen molar-refractivity contribution in [2.45, 2.75) is 38.6 Å². The van der Waals surface area contributed by atoms with Crippen LogP contribution in [-0.4, -0.2) is 41.2 Å². The Morgan fingerprint density at radius 1 is 1.16 bits per heavy atom. The van der Waals surface area contributed by atoms with E-state index < -0.39 is 0 Å². The second kappa shape index (κ2) is 10.0. The van der Waals surface area contributed by atoms with Crippen LogP contribution in [0, 0.1) is 0 Å². The lowest BCUT2D eigenvalue weighted by molar-refractivity contribution is 0.0728. The van der Waals surface area contributed by atoms with Gasteiger partial charge < -0.3 is 24.2 Å². The summed E-state index contributed by atoms with van der Waals surface area (Å²) in [4.78, 5) is 19.5. The van der Waals surface area contributed by atoms with Crippen molar-refractivity contribution in [1.82, 2.24) is 9.88 Å². The summed E-state index contributed by atoms with van der Waals surface area (Å²) in [7, 11) is 3.20. The summed E-state index contributed by atoms with van der Waals surface area (Å²) in [6.45, 7) is 0.579. The number of carbonyl (C=O) groups excluding carboxylic acids is 1. The maximum atomic E-state index is 13.3. The highest BCUT2D eigenvalue weighted by Gasteiger charge is 2.34. The van der Waals surface area contributed by atoms with Gasteiger partial charge in [0.1, 0.15) is 17.4 Å². The number of hydrogen-bond donors (Lipinski definition) is 1. The molecule has 168 valence electrons. The number of aromatic nitrogens is 1. The lowest BCUT2D eigenvalue weighted by Crippen LogP contribution is -2.32. The second-order valence-electron chi connectivity index (χ2n) is 7.52. The van der Waals surface area contributed by atoms with E-state index in [9.17, 15) is 9.90 Å². The van der Waals surface area contributed by atoms with Crippen molar-refractivity contribution < 1.29 is 24.1 Å². The number of carbonyl (C=O) groups is 1. The topological polar surface area (TPSA) is 81.1 Å². The van der Waals surface area contributed by atoms with Crippen molar-refractivity contribution in [3.8, 4) is 17.2 Å². The molecule has 1 aliphatic rings. The minimum Gasteiger partial charge on any atom is -0.497 e. The van der Waals surface area contributed by atoms with E-state index in [0.29, 0.717) is 29.3 Å². The fourth-order valence-electron chi connectivity index (χ4n) is 3.47. The van der Waals surface area contributed by atoms with Crippen molar-refractivity contribution in [1.29, 1.82) is 0 Å². The van der Waals surface area contributed by atoms with Gasteiger partial charge in [0, 0.05) is 22.5 Å². The summed E-state index contributed by atoms with van der Waals surface area (Å²) < 4.78 is 16.8. The smallest absolute Gasteiger partial charge is 0.254 e. The van der Waals surface area contributed by atoms with Gasteiger partial charge in [-0.25, -0.2) is 4.98 Å². The number of benzene rings is 2. The summed E-state index contributed by atoms with van der Waals surface area (Å²) in [5, 5.41) is 11.8. The summed E-state index contributed by atoms with van der Waals surface area (Å²) in [6, 6.07) is 13.1. The number of thiazole rings is 1. The van der Waals surface area contributed by atoms with E-state index in [1.165, 1.54) is 11.3 Å². The number of nitrogens with zero attached hydrogens (tertiary/aromatic N) is 2. The van der Waals surface area contributed by atoms with Gasteiger partial charge >= 0.3 is 0 Å². The Labute approximate surface area is 191 Å². The third kappa shape index (κ3) is 5.03. The number of aliphatic hydroxyl groups is 1. The maximum absolute atomic E-state index is 13.3. The summed E-state index contributed by atoms with van der Waals surface area (Å²) in [5.74, 6) is 1.91. The standard InChI is InChI=1S/C24H26N2O5S/c1-29-20-10-6-16(7-11-20)24(28)26(19-8-9-19)12-17-4-3-5-21(30-2)23(17)31-14-22-25-18(13-27)15-32-22/h3-7,10-11,15,19,27H,8-9,12-14H2,1-2H3. The molecule has 4 rings (SSSR count). The highest BCUT2D eigenvalue weighted by molar-refractivity contribution is 7.09. The lowest BCUT2D eigenvalue weighted by Gasteiger charge is -2.24. The van der Waals surface area contributed by atoms with Gasteiger partial charge in [-0.15, -0.1) is 11.3 Å². The Morgan fingerprint density at radius 3 is 2.56 bits per heavy atom. The molecular formula is C24H26N2O5S. The Hall–Kier alpha value is -3.10. The first-order valence-electron chi connectivity index (χ1n) is 10.4. The van der Waals surface area contributed by atoms with Crippen molar-refractivity contribution >= 4 is 17.2 Å². The lowest BCUT2D eigenvalue weighted by atomic mass is 10.1. The van der Waals surface area contributed by atoms with E-state index >= 15 is 0 Å². The molecule has 1 heterocycles. The fraction of sp³-hybridized carbons (Fsp3) is 0.333. The predicted octanol–water partition coefficient (Wildman–Crippen LogP) is 4.04.